The molecular weight excluding hydrogens is 232 g/mol. The standard InChI is InChI=1S/C18H18O/c1-2-9-17(19)14-18(15-10-5-3-6-11-15)16-12-7-4-8-13-16/h2-13,18H,14H2,1H3/b9-2+. The number of allylic oxidation sites excluding steroid dienone is 2. The van der Waals surface area contributed by atoms with Crippen molar-refractivity contribution in [1.82, 2.24) is 0 Å². The first kappa shape index (κ1) is 13.3. The number of rotatable bonds is 5. The molecule has 0 amide bonds. The average Bonchev–Trinajstić information content (AvgIpc) is 2.47. The summed E-state index contributed by atoms with van der Waals surface area (Å²) >= 11 is 0. The largest absolute Gasteiger partial charge is 0.295 e. The van der Waals surface area contributed by atoms with Gasteiger partial charge in [-0.05, 0) is 24.1 Å². The van der Waals surface area contributed by atoms with Gasteiger partial charge in [0.15, 0.2) is 5.78 Å². The Balaban J connectivity index is 2.32. The highest BCUT2D eigenvalue weighted by Gasteiger charge is 2.16. The maximum absolute atomic E-state index is 11.9. The van der Waals surface area contributed by atoms with Crippen molar-refractivity contribution < 1.29 is 4.79 Å². The van der Waals surface area contributed by atoms with Gasteiger partial charge in [0.25, 0.3) is 0 Å². The smallest absolute Gasteiger partial charge is 0.156 e. The Labute approximate surface area is 114 Å². The molecular formula is C18H18O. The molecule has 0 radical (unpaired) electrons. The van der Waals surface area contributed by atoms with Gasteiger partial charge in [0.2, 0.25) is 0 Å². The van der Waals surface area contributed by atoms with E-state index in [9.17, 15) is 4.79 Å². The predicted octanol–water partition coefficient (Wildman–Crippen LogP) is 4.35. The Morgan fingerprint density at radius 3 is 1.84 bits per heavy atom. The van der Waals surface area contributed by atoms with Crippen LogP contribution < -0.4 is 0 Å². The van der Waals surface area contributed by atoms with Crippen molar-refractivity contribution in [3.8, 4) is 0 Å². The Kier molecular flexibility index (Phi) is 4.68. The fraction of sp³-hybridized carbons (Fsp3) is 0.167. The summed E-state index contributed by atoms with van der Waals surface area (Å²) in [5.41, 5.74) is 2.37. The van der Waals surface area contributed by atoms with Crippen molar-refractivity contribution in [3.63, 3.8) is 0 Å². The Morgan fingerprint density at radius 1 is 0.947 bits per heavy atom. The molecule has 0 spiro atoms. The molecule has 0 atom stereocenters. The van der Waals surface area contributed by atoms with Crippen LogP contribution in [0, 0.1) is 0 Å². The lowest BCUT2D eigenvalue weighted by molar-refractivity contribution is -0.114. The molecule has 19 heavy (non-hydrogen) atoms. The van der Waals surface area contributed by atoms with Gasteiger partial charge in [-0.25, -0.2) is 0 Å². The highest BCUT2D eigenvalue weighted by molar-refractivity contribution is 5.90. The summed E-state index contributed by atoms with van der Waals surface area (Å²) in [6.07, 6.45) is 3.96. The number of ketones is 1. The highest BCUT2D eigenvalue weighted by Crippen LogP contribution is 2.28. The second kappa shape index (κ2) is 6.69. The van der Waals surface area contributed by atoms with Gasteiger partial charge >= 0.3 is 0 Å². The van der Waals surface area contributed by atoms with Crippen LogP contribution in [0.5, 0.6) is 0 Å². The molecule has 0 unspecified atom stereocenters. The van der Waals surface area contributed by atoms with Gasteiger partial charge < -0.3 is 0 Å². The fourth-order valence-corrected chi connectivity index (χ4v) is 2.25. The lowest BCUT2D eigenvalue weighted by Gasteiger charge is -2.16. The topological polar surface area (TPSA) is 17.1 Å². The first-order chi connectivity index (χ1) is 9.31. The number of hydrogen-bond donors (Lipinski definition) is 0. The summed E-state index contributed by atoms with van der Waals surface area (Å²) in [4.78, 5) is 11.9. The number of hydrogen-bond acceptors (Lipinski definition) is 1. The van der Waals surface area contributed by atoms with Crippen molar-refractivity contribution in [2.75, 3.05) is 0 Å². The van der Waals surface area contributed by atoms with E-state index < -0.39 is 0 Å². The molecule has 0 fully saturated rings. The Morgan fingerprint density at radius 2 is 1.42 bits per heavy atom. The normalized spacial score (nSPS) is 11.1. The van der Waals surface area contributed by atoms with Gasteiger partial charge in [0.1, 0.15) is 0 Å². The van der Waals surface area contributed by atoms with E-state index in [4.69, 9.17) is 0 Å². The summed E-state index contributed by atoms with van der Waals surface area (Å²) in [6, 6.07) is 20.4. The predicted molar refractivity (Wildman–Crippen MR) is 79.2 cm³/mol. The van der Waals surface area contributed by atoms with Crippen molar-refractivity contribution in [3.05, 3.63) is 83.9 Å². The third kappa shape index (κ3) is 3.65. The van der Waals surface area contributed by atoms with Crippen LogP contribution in [0.3, 0.4) is 0 Å². The summed E-state index contributed by atoms with van der Waals surface area (Å²) in [7, 11) is 0. The first-order valence-electron chi connectivity index (χ1n) is 6.56. The first-order valence-corrected chi connectivity index (χ1v) is 6.56. The molecule has 1 heteroatoms. The molecule has 0 heterocycles. The van der Waals surface area contributed by atoms with Gasteiger partial charge in [-0.2, -0.15) is 0 Å². The van der Waals surface area contributed by atoms with Gasteiger partial charge in [-0.3, -0.25) is 4.79 Å². The van der Waals surface area contributed by atoms with E-state index in [1.54, 1.807) is 12.2 Å². The van der Waals surface area contributed by atoms with Crippen LogP contribution in [0.25, 0.3) is 0 Å². The molecule has 1 nitrogen and oxygen atoms in total. The van der Waals surface area contributed by atoms with Crippen LogP contribution in [0.15, 0.2) is 72.8 Å². The molecule has 0 saturated carbocycles. The van der Waals surface area contributed by atoms with Crippen molar-refractivity contribution in [2.45, 2.75) is 19.3 Å². The Bertz CT molecular complexity index is 501. The van der Waals surface area contributed by atoms with Crippen LogP contribution in [-0.4, -0.2) is 5.78 Å². The van der Waals surface area contributed by atoms with E-state index in [0.29, 0.717) is 6.42 Å². The van der Waals surface area contributed by atoms with Crippen molar-refractivity contribution in [2.24, 2.45) is 0 Å². The van der Waals surface area contributed by atoms with Crippen molar-refractivity contribution in [1.29, 1.82) is 0 Å². The highest BCUT2D eigenvalue weighted by atomic mass is 16.1. The zero-order valence-corrected chi connectivity index (χ0v) is 11.1. The zero-order chi connectivity index (χ0) is 13.5. The van der Waals surface area contributed by atoms with E-state index >= 15 is 0 Å². The maximum Gasteiger partial charge on any atom is 0.156 e. The molecule has 0 saturated heterocycles. The molecule has 0 aliphatic rings. The molecule has 0 bridgehead atoms. The molecule has 2 aromatic rings. The van der Waals surface area contributed by atoms with Gasteiger partial charge in [0.05, 0.1) is 0 Å². The molecule has 2 aromatic carbocycles. The second-order valence-corrected chi connectivity index (χ2v) is 4.54. The van der Waals surface area contributed by atoms with Crippen LogP contribution in [0.2, 0.25) is 0 Å². The minimum absolute atomic E-state index is 0.131. The van der Waals surface area contributed by atoms with Crippen LogP contribution >= 0.6 is 0 Å². The summed E-state index contributed by atoms with van der Waals surface area (Å²) in [6.45, 7) is 1.87. The van der Waals surface area contributed by atoms with Crippen LogP contribution in [0.4, 0.5) is 0 Å². The Hall–Kier alpha value is -2.15. The average molecular weight is 250 g/mol. The molecule has 2 rings (SSSR count). The minimum atomic E-state index is 0.131. The van der Waals surface area contributed by atoms with Crippen LogP contribution in [-0.2, 0) is 4.79 Å². The van der Waals surface area contributed by atoms with Crippen molar-refractivity contribution >= 4 is 5.78 Å². The van der Waals surface area contributed by atoms with E-state index in [-0.39, 0.29) is 11.7 Å². The zero-order valence-electron chi connectivity index (χ0n) is 11.1. The molecule has 0 aromatic heterocycles. The van der Waals surface area contributed by atoms with E-state index in [1.807, 2.05) is 43.3 Å². The quantitative estimate of drug-likeness (QED) is 0.721. The van der Waals surface area contributed by atoms with Gasteiger partial charge in [-0.15, -0.1) is 0 Å². The second-order valence-electron chi connectivity index (χ2n) is 4.54. The minimum Gasteiger partial charge on any atom is -0.295 e. The lowest BCUT2D eigenvalue weighted by atomic mass is 9.87. The van der Waals surface area contributed by atoms with E-state index in [2.05, 4.69) is 24.3 Å². The summed E-state index contributed by atoms with van der Waals surface area (Å²) in [5, 5.41) is 0. The number of carbonyl (C=O) groups is 1. The van der Waals surface area contributed by atoms with Gasteiger partial charge in [0, 0.05) is 12.3 Å². The molecule has 0 aliphatic carbocycles. The van der Waals surface area contributed by atoms with E-state index in [0.717, 1.165) is 0 Å². The summed E-state index contributed by atoms with van der Waals surface area (Å²) in [5.74, 6) is 0.298. The lowest BCUT2D eigenvalue weighted by Crippen LogP contribution is -2.06. The molecule has 96 valence electrons. The fourth-order valence-electron chi connectivity index (χ4n) is 2.25. The maximum atomic E-state index is 11.9. The number of benzene rings is 2. The van der Waals surface area contributed by atoms with E-state index in [1.165, 1.54) is 11.1 Å². The number of carbonyl (C=O) groups excluding carboxylic acids is 1. The van der Waals surface area contributed by atoms with Crippen LogP contribution in [0.1, 0.15) is 30.4 Å². The molecule has 0 aliphatic heterocycles. The third-order valence-electron chi connectivity index (χ3n) is 3.16. The summed E-state index contributed by atoms with van der Waals surface area (Å²) < 4.78 is 0. The molecule has 0 N–H and O–H groups in total. The SMILES string of the molecule is C/C=C/C(=O)CC(c1ccccc1)c1ccccc1. The monoisotopic (exact) mass is 250 g/mol. The third-order valence-corrected chi connectivity index (χ3v) is 3.16. The van der Waals surface area contributed by atoms with Gasteiger partial charge in [-0.1, -0.05) is 66.7 Å².